The van der Waals surface area contributed by atoms with E-state index in [1.165, 1.54) is 28.6 Å². The molecule has 1 saturated carbocycles. The van der Waals surface area contributed by atoms with Crippen molar-refractivity contribution in [2.75, 3.05) is 7.11 Å². The topological polar surface area (TPSA) is 101 Å². The number of nitrogens with zero attached hydrogens (tertiary/aromatic N) is 4. The van der Waals surface area contributed by atoms with Crippen LogP contribution in [0.5, 0.6) is 0 Å². The quantitative estimate of drug-likeness (QED) is 0.415. The minimum atomic E-state index is -0.590. The van der Waals surface area contributed by atoms with Crippen LogP contribution in [-0.2, 0) is 17.8 Å². The molecule has 1 fully saturated rings. The van der Waals surface area contributed by atoms with Crippen molar-refractivity contribution in [3.63, 3.8) is 0 Å². The van der Waals surface area contributed by atoms with E-state index in [-0.39, 0.29) is 23.5 Å². The van der Waals surface area contributed by atoms with E-state index in [2.05, 4.69) is 9.72 Å². The summed E-state index contributed by atoms with van der Waals surface area (Å²) in [5.41, 5.74) is 0.156. The van der Waals surface area contributed by atoms with Crippen molar-refractivity contribution in [3.05, 3.63) is 80.1 Å². The molecule has 164 valence electrons. The highest BCUT2D eigenvalue weighted by Gasteiger charge is 2.26. The first-order chi connectivity index (χ1) is 15.5. The molecule has 0 unspecified atom stereocenters. The lowest BCUT2D eigenvalue weighted by molar-refractivity contribution is 0.0563. The zero-order valence-corrected chi connectivity index (χ0v) is 17.9. The van der Waals surface area contributed by atoms with E-state index in [4.69, 9.17) is 16.0 Å². The van der Waals surface area contributed by atoms with Gasteiger partial charge in [0.2, 0.25) is 5.76 Å². The van der Waals surface area contributed by atoms with Gasteiger partial charge in [-0.2, -0.15) is 0 Å². The van der Waals surface area contributed by atoms with Crippen LogP contribution in [0.15, 0.2) is 56.7 Å². The highest BCUT2D eigenvalue weighted by atomic mass is 35.5. The van der Waals surface area contributed by atoms with E-state index >= 15 is 0 Å². The van der Waals surface area contributed by atoms with E-state index in [0.717, 1.165) is 12.8 Å². The molecule has 0 aliphatic heterocycles. The van der Waals surface area contributed by atoms with Gasteiger partial charge in [0, 0.05) is 11.6 Å². The van der Waals surface area contributed by atoms with Crippen molar-refractivity contribution in [1.82, 2.24) is 18.7 Å². The van der Waals surface area contributed by atoms with Crippen LogP contribution in [0.3, 0.4) is 0 Å². The molecule has 0 bridgehead atoms. The molecule has 3 heterocycles. The zero-order valence-electron chi connectivity index (χ0n) is 17.2. The molecule has 0 saturated heterocycles. The van der Waals surface area contributed by atoms with Crippen LogP contribution in [0.2, 0.25) is 5.02 Å². The molecular weight excluding hydrogens is 436 g/mol. The molecule has 32 heavy (non-hydrogen) atoms. The van der Waals surface area contributed by atoms with Gasteiger partial charge in [0.05, 0.1) is 25.7 Å². The Bertz CT molecular complexity index is 1460. The summed E-state index contributed by atoms with van der Waals surface area (Å²) >= 11 is 6.16. The molecule has 0 atom stereocenters. The number of ether oxygens (including phenoxy) is 1. The Morgan fingerprint density at radius 1 is 1.25 bits per heavy atom. The number of hydrogen-bond donors (Lipinski definition) is 0. The Morgan fingerprint density at radius 3 is 2.78 bits per heavy atom. The lowest BCUT2D eigenvalue weighted by Gasteiger charge is -2.12. The molecule has 5 rings (SSSR count). The molecule has 9 nitrogen and oxygen atoms in total. The second kappa shape index (κ2) is 7.83. The number of carbonyl (C=O) groups excluding carboxylic acids is 1. The largest absolute Gasteiger partial charge is 0.463 e. The van der Waals surface area contributed by atoms with Crippen molar-refractivity contribution >= 4 is 28.7 Å². The fourth-order valence-corrected chi connectivity index (χ4v) is 3.89. The zero-order chi connectivity index (χ0) is 22.4. The number of aromatic nitrogens is 4. The highest BCUT2D eigenvalue weighted by Crippen LogP contribution is 2.30. The number of furan rings is 1. The van der Waals surface area contributed by atoms with Crippen molar-refractivity contribution in [3.8, 4) is 5.69 Å². The van der Waals surface area contributed by atoms with Gasteiger partial charge >= 0.3 is 11.7 Å². The number of halogens is 1. The van der Waals surface area contributed by atoms with Crippen molar-refractivity contribution in [1.29, 1.82) is 0 Å². The minimum absolute atomic E-state index is 0.0638. The molecule has 1 aliphatic rings. The summed E-state index contributed by atoms with van der Waals surface area (Å²) in [5.74, 6) is 0.232. The summed E-state index contributed by atoms with van der Waals surface area (Å²) < 4.78 is 14.5. The van der Waals surface area contributed by atoms with Crippen LogP contribution in [0, 0.1) is 5.92 Å². The third kappa shape index (κ3) is 3.54. The van der Waals surface area contributed by atoms with Gasteiger partial charge in [-0.05, 0) is 49.1 Å². The maximum Gasteiger partial charge on any atom is 0.373 e. The summed E-state index contributed by atoms with van der Waals surface area (Å²) in [6.45, 7) is 0.506. The van der Waals surface area contributed by atoms with Crippen LogP contribution >= 0.6 is 11.6 Å². The normalized spacial score (nSPS) is 13.6. The predicted octanol–water partition coefficient (Wildman–Crippen LogP) is 2.84. The van der Waals surface area contributed by atoms with Gasteiger partial charge in [-0.15, -0.1) is 0 Å². The number of imidazole rings is 1. The summed E-state index contributed by atoms with van der Waals surface area (Å²) in [6, 6.07) is 9.99. The van der Waals surface area contributed by atoms with Crippen molar-refractivity contribution in [2.24, 2.45) is 5.92 Å². The Balaban J connectivity index is 1.68. The minimum Gasteiger partial charge on any atom is -0.463 e. The third-order valence-electron chi connectivity index (χ3n) is 5.48. The van der Waals surface area contributed by atoms with Crippen LogP contribution in [0.1, 0.15) is 29.2 Å². The number of benzene rings is 1. The lowest BCUT2D eigenvalue weighted by Crippen LogP contribution is -2.40. The number of esters is 1. The van der Waals surface area contributed by atoms with Crippen LogP contribution in [-0.4, -0.2) is 31.8 Å². The fourth-order valence-electron chi connectivity index (χ4n) is 3.71. The summed E-state index contributed by atoms with van der Waals surface area (Å²) in [5, 5.41) is 0.466. The smallest absolute Gasteiger partial charge is 0.373 e. The maximum absolute atomic E-state index is 13.4. The number of carbonyl (C=O) groups is 1. The second-order valence-corrected chi connectivity index (χ2v) is 8.20. The Kier molecular flexibility index (Phi) is 4.97. The molecule has 0 amide bonds. The predicted molar refractivity (Wildman–Crippen MR) is 116 cm³/mol. The molecular formula is C22H19ClN4O5. The van der Waals surface area contributed by atoms with Gasteiger partial charge in [-0.3, -0.25) is 9.36 Å². The number of methoxy groups -OCH3 is 1. The lowest BCUT2D eigenvalue weighted by atomic mass is 10.3. The average molecular weight is 455 g/mol. The molecule has 0 spiro atoms. The second-order valence-electron chi connectivity index (χ2n) is 7.76. The number of fused-ring (bicyclic) bond motifs is 1. The van der Waals surface area contributed by atoms with E-state index in [1.54, 1.807) is 34.9 Å². The molecule has 0 N–H and O–H groups in total. The Morgan fingerprint density at radius 2 is 2.06 bits per heavy atom. The average Bonchev–Trinajstić information content (AvgIpc) is 3.32. The van der Waals surface area contributed by atoms with E-state index in [1.807, 2.05) is 0 Å². The highest BCUT2D eigenvalue weighted by molar-refractivity contribution is 6.30. The first-order valence-corrected chi connectivity index (χ1v) is 10.5. The summed E-state index contributed by atoms with van der Waals surface area (Å²) in [6.07, 6.45) is 3.46. The van der Waals surface area contributed by atoms with E-state index < -0.39 is 17.2 Å². The first-order valence-electron chi connectivity index (χ1n) is 10.1. The van der Waals surface area contributed by atoms with Gasteiger partial charge in [0.25, 0.3) is 5.56 Å². The fraction of sp³-hybridized carbons (Fsp3) is 0.273. The monoisotopic (exact) mass is 454 g/mol. The van der Waals surface area contributed by atoms with Crippen LogP contribution < -0.4 is 11.2 Å². The molecule has 10 heteroatoms. The SMILES string of the molecule is COC(=O)c1ccc(Cn2cnc3c2c(=O)n(CC2CC2)c(=O)n3-c2cccc(Cl)c2)o1. The van der Waals surface area contributed by atoms with Crippen LogP contribution in [0.4, 0.5) is 0 Å². The van der Waals surface area contributed by atoms with E-state index in [0.29, 0.717) is 28.9 Å². The molecule has 3 aromatic heterocycles. The number of rotatable bonds is 6. The molecule has 4 aromatic rings. The van der Waals surface area contributed by atoms with Crippen molar-refractivity contribution in [2.45, 2.75) is 25.9 Å². The number of hydrogen-bond acceptors (Lipinski definition) is 6. The van der Waals surface area contributed by atoms with Gasteiger partial charge in [0.1, 0.15) is 5.76 Å². The first kappa shape index (κ1) is 20.3. The summed E-state index contributed by atoms with van der Waals surface area (Å²) in [7, 11) is 1.27. The molecule has 1 aromatic carbocycles. The van der Waals surface area contributed by atoms with Crippen molar-refractivity contribution < 1.29 is 13.9 Å². The molecule has 0 radical (unpaired) electrons. The van der Waals surface area contributed by atoms with Gasteiger partial charge in [-0.25, -0.2) is 19.1 Å². The summed E-state index contributed by atoms with van der Waals surface area (Å²) in [4.78, 5) is 42.7. The van der Waals surface area contributed by atoms with Gasteiger partial charge in [0.15, 0.2) is 11.2 Å². The Labute approximate surface area is 186 Å². The third-order valence-corrected chi connectivity index (χ3v) is 5.71. The van der Waals surface area contributed by atoms with Gasteiger partial charge < -0.3 is 13.7 Å². The Hall–Kier alpha value is -3.59. The van der Waals surface area contributed by atoms with Gasteiger partial charge in [-0.1, -0.05) is 17.7 Å². The standard InChI is InChI=1S/C22H19ClN4O5/c1-31-21(29)17-8-7-16(32-17)11-25-12-24-19-18(25)20(28)26(10-13-5-6-13)22(30)27(19)15-4-2-3-14(23)9-15/h2-4,7-9,12-13H,5-6,10-11H2,1H3. The maximum atomic E-state index is 13.4. The van der Waals surface area contributed by atoms with E-state index in [9.17, 15) is 14.4 Å². The van der Waals surface area contributed by atoms with Crippen LogP contribution in [0.25, 0.3) is 16.9 Å². The molecule has 1 aliphatic carbocycles.